The van der Waals surface area contributed by atoms with Crippen LogP contribution >= 0.6 is 0 Å². The number of hydrogen-bond donors (Lipinski definition) is 1. The first-order valence-corrected chi connectivity index (χ1v) is 7.64. The lowest BCUT2D eigenvalue weighted by Gasteiger charge is -2.26. The van der Waals surface area contributed by atoms with Gasteiger partial charge < -0.3 is 10.2 Å². The lowest BCUT2D eigenvalue weighted by Crippen LogP contribution is -2.33. The zero-order chi connectivity index (χ0) is 11.9. The summed E-state index contributed by atoms with van der Waals surface area (Å²) < 4.78 is 0. The van der Waals surface area contributed by atoms with E-state index < -0.39 is 0 Å². The summed E-state index contributed by atoms with van der Waals surface area (Å²) in [4.78, 5) is 2.74. The summed E-state index contributed by atoms with van der Waals surface area (Å²) in [7, 11) is 0. The van der Waals surface area contributed by atoms with Gasteiger partial charge in [0.1, 0.15) is 0 Å². The summed E-state index contributed by atoms with van der Waals surface area (Å²) in [6.07, 6.45) is 7.23. The summed E-state index contributed by atoms with van der Waals surface area (Å²) in [6, 6.07) is 0.884. The fourth-order valence-corrected chi connectivity index (χ4v) is 3.37. The molecule has 0 aromatic carbocycles. The molecule has 2 nitrogen and oxygen atoms in total. The van der Waals surface area contributed by atoms with Crippen LogP contribution < -0.4 is 5.32 Å². The summed E-state index contributed by atoms with van der Waals surface area (Å²) in [5, 5.41) is 3.69. The van der Waals surface area contributed by atoms with E-state index in [4.69, 9.17) is 0 Å². The average molecular weight is 236 g/mol. The Balaban J connectivity index is 1.41. The highest BCUT2D eigenvalue weighted by Gasteiger charge is 2.46. The molecule has 0 radical (unpaired) electrons. The third-order valence-corrected chi connectivity index (χ3v) is 5.30. The Labute approximate surface area is 106 Å². The largest absolute Gasteiger partial charge is 0.314 e. The van der Waals surface area contributed by atoms with Crippen LogP contribution in [0, 0.1) is 17.3 Å². The van der Waals surface area contributed by atoms with Crippen molar-refractivity contribution in [3.63, 3.8) is 0 Å². The van der Waals surface area contributed by atoms with Gasteiger partial charge in [-0.1, -0.05) is 13.8 Å². The molecular weight excluding hydrogens is 208 g/mol. The Bertz CT molecular complexity index is 266. The van der Waals surface area contributed by atoms with E-state index >= 15 is 0 Å². The van der Waals surface area contributed by atoms with Gasteiger partial charge in [0.25, 0.3) is 0 Å². The zero-order valence-corrected chi connectivity index (χ0v) is 11.5. The van der Waals surface area contributed by atoms with Crippen LogP contribution in [0.4, 0.5) is 0 Å². The minimum absolute atomic E-state index is 0.707. The highest BCUT2D eigenvalue weighted by Crippen LogP contribution is 2.52. The molecule has 2 saturated carbocycles. The van der Waals surface area contributed by atoms with Gasteiger partial charge in [0.15, 0.2) is 0 Å². The lowest BCUT2D eigenvalue weighted by atomic mass is 9.92. The van der Waals surface area contributed by atoms with Crippen LogP contribution in [-0.4, -0.2) is 37.1 Å². The molecule has 0 aromatic rings. The molecule has 1 saturated heterocycles. The number of nitrogens with zero attached hydrogens (tertiary/aromatic N) is 1. The predicted molar refractivity (Wildman–Crippen MR) is 72.1 cm³/mol. The molecule has 0 bridgehead atoms. The van der Waals surface area contributed by atoms with Crippen molar-refractivity contribution >= 4 is 0 Å². The fourth-order valence-electron chi connectivity index (χ4n) is 3.37. The molecule has 0 amide bonds. The van der Waals surface area contributed by atoms with Crippen LogP contribution in [0.15, 0.2) is 0 Å². The van der Waals surface area contributed by atoms with E-state index in [1.165, 1.54) is 58.3 Å². The molecule has 1 unspecified atom stereocenters. The maximum atomic E-state index is 3.69. The first-order chi connectivity index (χ1) is 8.18. The summed E-state index contributed by atoms with van der Waals surface area (Å²) in [5.41, 5.74) is 0.707. The van der Waals surface area contributed by atoms with Crippen molar-refractivity contribution in [1.82, 2.24) is 10.2 Å². The summed E-state index contributed by atoms with van der Waals surface area (Å²) >= 11 is 0. The minimum Gasteiger partial charge on any atom is -0.314 e. The van der Waals surface area contributed by atoms with Gasteiger partial charge in [0, 0.05) is 19.1 Å². The van der Waals surface area contributed by atoms with E-state index in [2.05, 4.69) is 24.1 Å². The zero-order valence-electron chi connectivity index (χ0n) is 11.5. The number of likely N-dealkylation sites (tertiary alicyclic amines) is 1. The van der Waals surface area contributed by atoms with Gasteiger partial charge in [0.05, 0.1) is 0 Å². The molecule has 1 aliphatic heterocycles. The maximum absolute atomic E-state index is 3.69. The van der Waals surface area contributed by atoms with E-state index in [0.717, 1.165) is 17.9 Å². The van der Waals surface area contributed by atoms with Crippen molar-refractivity contribution < 1.29 is 0 Å². The lowest BCUT2D eigenvalue weighted by molar-refractivity contribution is 0.212. The Hall–Kier alpha value is -0.0800. The molecular formula is C15H28N2. The molecule has 1 heterocycles. The van der Waals surface area contributed by atoms with E-state index in [1.807, 2.05) is 0 Å². The second-order valence-electron chi connectivity index (χ2n) is 7.09. The van der Waals surface area contributed by atoms with E-state index in [-0.39, 0.29) is 0 Å². The third-order valence-electron chi connectivity index (χ3n) is 5.30. The molecule has 2 aliphatic carbocycles. The van der Waals surface area contributed by atoms with Gasteiger partial charge in [-0.15, -0.1) is 0 Å². The van der Waals surface area contributed by atoms with Gasteiger partial charge in [0.2, 0.25) is 0 Å². The van der Waals surface area contributed by atoms with Crippen LogP contribution in [0.25, 0.3) is 0 Å². The topological polar surface area (TPSA) is 15.3 Å². The highest BCUT2D eigenvalue weighted by atomic mass is 15.2. The Morgan fingerprint density at radius 1 is 1.24 bits per heavy atom. The van der Waals surface area contributed by atoms with Crippen molar-refractivity contribution in [1.29, 1.82) is 0 Å². The normalized spacial score (nSPS) is 32.3. The fraction of sp³-hybridized carbons (Fsp3) is 1.00. The van der Waals surface area contributed by atoms with Gasteiger partial charge in [-0.25, -0.2) is 0 Å². The molecule has 2 heteroatoms. The molecule has 3 rings (SSSR count). The van der Waals surface area contributed by atoms with Crippen LogP contribution in [0.2, 0.25) is 0 Å². The molecule has 3 fully saturated rings. The van der Waals surface area contributed by atoms with Crippen molar-refractivity contribution in [2.75, 3.05) is 26.2 Å². The minimum atomic E-state index is 0.707. The second-order valence-corrected chi connectivity index (χ2v) is 7.09. The molecule has 1 N–H and O–H groups in total. The predicted octanol–water partition coefficient (Wildman–Crippen LogP) is 2.50. The Morgan fingerprint density at radius 2 is 2.00 bits per heavy atom. The standard InChI is InChI=1S/C15H28N2/c1-12(2)15(6-7-15)11-17-8-5-13(10-17)9-16-14-3-4-14/h12-14,16H,3-11H2,1-2H3. The third kappa shape index (κ3) is 2.85. The summed E-state index contributed by atoms with van der Waals surface area (Å²) in [6.45, 7) is 10.2. The van der Waals surface area contributed by atoms with Crippen molar-refractivity contribution in [3.8, 4) is 0 Å². The summed E-state index contributed by atoms with van der Waals surface area (Å²) in [5.74, 6) is 1.81. The molecule has 1 atom stereocenters. The molecule has 0 aromatic heterocycles. The Morgan fingerprint density at radius 3 is 2.59 bits per heavy atom. The SMILES string of the molecule is CC(C)C1(CN2CCC(CNC3CC3)C2)CC1. The number of nitrogens with one attached hydrogen (secondary N) is 1. The van der Waals surface area contributed by atoms with Gasteiger partial charge in [-0.05, 0) is 62.4 Å². The van der Waals surface area contributed by atoms with Crippen LogP contribution in [0.1, 0.15) is 46.0 Å². The number of rotatable bonds is 6. The second kappa shape index (κ2) is 4.55. The molecule has 98 valence electrons. The maximum Gasteiger partial charge on any atom is 0.00683 e. The van der Waals surface area contributed by atoms with Crippen LogP contribution in [0.5, 0.6) is 0 Å². The van der Waals surface area contributed by atoms with E-state index in [1.54, 1.807) is 0 Å². The van der Waals surface area contributed by atoms with Crippen molar-refractivity contribution in [3.05, 3.63) is 0 Å². The first-order valence-electron chi connectivity index (χ1n) is 7.64. The first kappa shape index (κ1) is 12.0. The molecule has 3 aliphatic rings. The molecule has 0 spiro atoms. The van der Waals surface area contributed by atoms with Gasteiger partial charge in [-0.3, -0.25) is 0 Å². The monoisotopic (exact) mass is 236 g/mol. The van der Waals surface area contributed by atoms with E-state index in [0.29, 0.717) is 5.41 Å². The van der Waals surface area contributed by atoms with Gasteiger partial charge >= 0.3 is 0 Å². The highest BCUT2D eigenvalue weighted by molar-refractivity contribution is 4.99. The Kier molecular flexibility index (Phi) is 3.20. The quantitative estimate of drug-likeness (QED) is 0.762. The average Bonchev–Trinajstić information content (AvgIpc) is 3.18. The van der Waals surface area contributed by atoms with E-state index in [9.17, 15) is 0 Å². The van der Waals surface area contributed by atoms with Crippen molar-refractivity contribution in [2.45, 2.75) is 52.0 Å². The van der Waals surface area contributed by atoms with Gasteiger partial charge in [-0.2, -0.15) is 0 Å². The number of hydrogen-bond acceptors (Lipinski definition) is 2. The van der Waals surface area contributed by atoms with Crippen molar-refractivity contribution in [2.24, 2.45) is 17.3 Å². The van der Waals surface area contributed by atoms with Crippen LogP contribution in [0.3, 0.4) is 0 Å². The molecule has 17 heavy (non-hydrogen) atoms. The van der Waals surface area contributed by atoms with Crippen LogP contribution in [-0.2, 0) is 0 Å². The smallest absolute Gasteiger partial charge is 0.00683 e.